The third kappa shape index (κ3) is 10.4. The minimum atomic E-state index is -2.33. The van der Waals surface area contributed by atoms with Crippen molar-refractivity contribution in [3.8, 4) is 89.4 Å². The van der Waals surface area contributed by atoms with Gasteiger partial charge in [-0.3, -0.25) is 15.0 Å². The summed E-state index contributed by atoms with van der Waals surface area (Å²) in [5, 5.41) is 0. The summed E-state index contributed by atoms with van der Waals surface area (Å²) in [4.78, 5) is 14.4. The Morgan fingerprint density at radius 3 is 1.01 bits per heavy atom. The highest BCUT2D eigenvalue weighted by molar-refractivity contribution is 5.77. The predicted octanol–water partition coefficient (Wildman–Crippen LogP) is 20.0. The number of rotatable bonds is 11. The molecule has 0 saturated heterocycles. The fourth-order valence-electron chi connectivity index (χ4n) is 11.9. The van der Waals surface area contributed by atoms with Crippen molar-refractivity contribution in [3.63, 3.8) is 0 Å². The first-order valence-corrected chi connectivity index (χ1v) is 27.2. The molecular weight excluding hydrogens is 943 g/mol. The van der Waals surface area contributed by atoms with Crippen LogP contribution < -0.4 is 0 Å². The van der Waals surface area contributed by atoms with Crippen molar-refractivity contribution in [2.75, 3.05) is 0 Å². The summed E-state index contributed by atoms with van der Waals surface area (Å²) in [5.74, 6) is 0.571. The van der Waals surface area contributed by atoms with Crippen LogP contribution in [0.3, 0.4) is 0 Å². The van der Waals surface area contributed by atoms with E-state index in [0.717, 1.165) is 63.9 Å². The normalized spacial score (nSPS) is 16.9. The SMILES string of the molecule is [2H]C([2H])([2H])c1cc(-c2ccc(-c3ccccc3C3CC(c4ccccc4-c4ccc(-c5cc(C(C)(C)C)ccn5)cc4)CC(c4ccccc4-c4ccc(-c5cc(C([2H])([2H])[2H])c(-c6ccccc6)cn5)cc4)C3)cc2)ncc1-c1ccccc1. The molecule has 3 heteroatoms. The van der Waals surface area contributed by atoms with Gasteiger partial charge < -0.3 is 0 Å². The summed E-state index contributed by atoms with van der Waals surface area (Å²) in [6.07, 6.45) is 8.14. The van der Waals surface area contributed by atoms with Gasteiger partial charge in [-0.2, -0.15) is 0 Å². The molecule has 3 aromatic heterocycles. The van der Waals surface area contributed by atoms with Gasteiger partial charge in [0.25, 0.3) is 0 Å². The van der Waals surface area contributed by atoms with E-state index in [-0.39, 0.29) is 34.3 Å². The van der Waals surface area contributed by atoms with E-state index in [1.807, 2.05) is 66.9 Å². The second-order valence-corrected chi connectivity index (χ2v) is 21.9. The van der Waals surface area contributed by atoms with Gasteiger partial charge in [0.2, 0.25) is 0 Å². The number of aromatic nitrogens is 3. The molecule has 78 heavy (non-hydrogen) atoms. The third-order valence-corrected chi connectivity index (χ3v) is 16.0. The van der Waals surface area contributed by atoms with E-state index in [1.54, 1.807) is 24.5 Å². The molecule has 2 unspecified atom stereocenters. The molecule has 0 N–H and O–H groups in total. The molecule has 380 valence electrons. The van der Waals surface area contributed by atoms with Crippen molar-refractivity contribution < 1.29 is 8.22 Å². The van der Waals surface area contributed by atoms with Gasteiger partial charge in [-0.05, 0) is 158 Å². The summed E-state index contributed by atoms with van der Waals surface area (Å²) < 4.78 is 50.8. The Morgan fingerprint density at radius 2 is 0.654 bits per heavy atom. The molecule has 0 radical (unpaired) electrons. The van der Waals surface area contributed by atoms with E-state index in [1.165, 1.54) is 44.5 Å². The third-order valence-electron chi connectivity index (χ3n) is 16.0. The highest BCUT2D eigenvalue weighted by atomic mass is 14.7. The van der Waals surface area contributed by atoms with Gasteiger partial charge >= 0.3 is 0 Å². The Kier molecular flexibility index (Phi) is 12.0. The van der Waals surface area contributed by atoms with Gasteiger partial charge in [-0.25, -0.2) is 0 Å². The summed E-state index contributed by atoms with van der Waals surface area (Å²) in [6.45, 7) is 2.05. The molecule has 12 rings (SSSR count). The maximum Gasteiger partial charge on any atom is 0.0705 e. The molecule has 1 aliphatic carbocycles. The molecule has 2 atom stereocenters. The lowest BCUT2D eigenvalue weighted by molar-refractivity contribution is 0.353. The van der Waals surface area contributed by atoms with E-state index in [4.69, 9.17) is 23.2 Å². The summed E-state index contributed by atoms with van der Waals surface area (Å²) >= 11 is 0. The van der Waals surface area contributed by atoms with Gasteiger partial charge in [0.1, 0.15) is 0 Å². The van der Waals surface area contributed by atoms with Crippen LogP contribution in [0.25, 0.3) is 89.4 Å². The van der Waals surface area contributed by atoms with E-state index in [2.05, 4.69) is 178 Å². The fraction of sp³-hybridized carbons (Fsp3) is 0.160. The highest BCUT2D eigenvalue weighted by Gasteiger charge is 2.35. The zero-order chi connectivity index (χ0) is 58.2. The smallest absolute Gasteiger partial charge is 0.0705 e. The number of benzene rings is 8. The van der Waals surface area contributed by atoms with Gasteiger partial charge in [-0.15, -0.1) is 0 Å². The van der Waals surface area contributed by atoms with Crippen molar-refractivity contribution in [2.45, 2.75) is 76.9 Å². The van der Waals surface area contributed by atoms with Crippen molar-refractivity contribution in [2.24, 2.45) is 0 Å². The highest BCUT2D eigenvalue weighted by Crippen LogP contribution is 2.52. The molecular formula is C75H65N3. The monoisotopic (exact) mass is 1010 g/mol. The van der Waals surface area contributed by atoms with Crippen molar-refractivity contribution >= 4 is 0 Å². The van der Waals surface area contributed by atoms with Crippen LogP contribution in [0.5, 0.6) is 0 Å². The van der Waals surface area contributed by atoms with Crippen molar-refractivity contribution in [3.05, 3.63) is 282 Å². The lowest BCUT2D eigenvalue weighted by Gasteiger charge is -2.38. The van der Waals surface area contributed by atoms with Gasteiger partial charge in [0, 0.05) is 54.6 Å². The Balaban J connectivity index is 0.905. The lowest BCUT2D eigenvalue weighted by atomic mass is 9.66. The Labute approximate surface area is 469 Å². The van der Waals surface area contributed by atoms with Crippen LogP contribution in [0.15, 0.2) is 249 Å². The molecule has 3 heterocycles. The molecule has 3 nitrogen and oxygen atoms in total. The number of hydrogen-bond donors (Lipinski definition) is 0. The standard InChI is InChI=1S/C75H65N3/c1-50-42-72(77-48-70(50)52-18-8-6-9-19-52)57-34-28-54(29-35-57)64-22-12-15-25-67(64)60-44-61(46-62(45-60)69-27-17-14-24-66(69)56-32-38-59(39-33-56)74-47-63(40-41-76-74)75(3,4)5)68-26-16-13-23-65(68)55-30-36-58(37-31-55)73-43-51(2)71(49-78-73)53-20-10-7-11-21-53/h6-43,47-49,60-62H,44-46H2,1-5H3/i1D3,2D3. The second-order valence-electron chi connectivity index (χ2n) is 21.9. The second kappa shape index (κ2) is 21.7. The van der Waals surface area contributed by atoms with Crippen LogP contribution in [0.1, 0.15) is 99.4 Å². The molecule has 1 fully saturated rings. The molecule has 11 aromatic rings. The summed E-state index contributed by atoms with van der Waals surface area (Å²) in [6, 6.07) is 79.4. The zero-order valence-electron chi connectivity index (χ0n) is 50.4. The molecule has 1 saturated carbocycles. The lowest BCUT2D eigenvalue weighted by Crippen LogP contribution is -2.21. The average molecular weight is 1010 g/mol. The minimum absolute atomic E-state index is 0.00910. The molecule has 0 spiro atoms. The van der Waals surface area contributed by atoms with E-state index < -0.39 is 13.7 Å². The molecule has 8 aromatic carbocycles. The van der Waals surface area contributed by atoms with Gasteiger partial charge in [0.15, 0.2) is 0 Å². The number of aryl methyl sites for hydroxylation is 2. The summed E-state index contributed by atoms with van der Waals surface area (Å²) in [5.41, 5.74) is 20.5. The summed E-state index contributed by atoms with van der Waals surface area (Å²) in [7, 11) is 0. The average Bonchev–Trinajstić information content (AvgIpc) is 3.14. The molecule has 0 amide bonds. The molecule has 0 aliphatic heterocycles. The van der Waals surface area contributed by atoms with Crippen LogP contribution in [0, 0.1) is 13.7 Å². The van der Waals surface area contributed by atoms with Crippen LogP contribution >= 0.6 is 0 Å². The Morgan fingerprint density at radius 1 is 0.333 bits per heavy atom. The first-order valence-electron chi connectivity index (χ1n) is 30.2. The fourth-order valence-corrected chi connectivity index (χ4v) is 11.9. The first-order chi connectivity index (χ1) is 40.5. The molecule has 1 aliphatic rings. The number of hydrogen-bond acceptors (Lipinski definition) is 3. The zero-order valence-corrected chi connectivity index (χ0v) is 44.4. The van der Waals surface area contributed by atoms with Gasteiger partial charge in [-0.1, -0.05) is 227 Å². The molecule has 0 bridgehead atoms. The topological polar surface area (TPSA) is 38.7 Å². The van der Waals surface area contributed by atoms with Crippen LogP contribution in [-0.2, 0) is 5.41 Å². The van der Waals surface area contributed by atoms with Crippen LogP contribution in [-0.4, -0.2) is 15.0 Å². The first kappa shape index (κ1) is 43.3. The van der Waals surface area contributed by atoms with Crippen LogP contribution in [0.2, 0.25) is 0 Å². The Bertz CT molecular complexity index is 3910. The number of nitrogens with zero attached hydrogens (tertiary/aromatic N) is 3. The van der Waals surface area contributed by atoms with E-state index in [0.29, 0.717) is 22.5 Å². The van der Waals surface area contributed by atoms with E-state index in [9.17, 15) is 0 Å². The quantitative estimate of drug-likeness (QED) is 0.130. The van der Waals surface area contributed by atoms with Crippen LogP contribution in [0.4, 0.5) is 0 Å². The van der Waals surface area contributed by atoms with Gasteiger partial charge in [0.05, 0.1) is 17.1 Å². The number of pyridine rings is 3. The predicted molar refractivity (Wildman–Crippen MR) is 326 cm³/mol. The maximum atomic E-state index is 8.47. The maximum absolute atomic E-state index is 8.47. The van der Waals surface area contributed by atoms with E-state index >= 15 is 0 Å². The largest absolute Gasteiger partial charge is 0.256 e. The minimum Gasteiger partial charge on any atom is -0.256 e. The Hall–Kier alpha value is -8.79. The van der Waals surface area contributed by atoms with Crippen molar-refractivity contribution in [1.82, 2.24) is 15.0 Å². The van der Waals surface area contributed by atoms with Crippen molar-refractivity contribution in [1.29, 1.82) is 0 Å².